The maximum atomic E-state index is 12.0. The lowest BCUT2D eigenvalue weighted by Crippen LogP contribution is -2.59. The van der Waals surface area contributed by atoms with Gasteiger partial charge >= 0.3 is 6.03 Å². The van der Waals surface area contributed by atoms with Crippen LogP contribution in [0, 0.1) is 5.41 Å². The minimum absolute atomic E-state index is 0.217. The van der Waals surface area contributed by atoms with Crippen LogP contribution in [0.4, 0.5) is 4.79 Å². The Hall–Kier alpha value is -0.260. The normalized spacial score (nSPS) is 24.6. The van der Waals surface area contributed by atoms with Crippen molar-refractivity contribution in [2.24, 2.45) is 5.41 Å². The van der Waals surface area contributed by atoms with E-state index in [0.717, 1.165) is 32.6 Å². The highest BCUT2D eigenvalue weighted by Gasteiger charge is 2.38. The lowest BCUT2D eigenvalue weighted by Gasteiger charge is -2.47. The second-order valence-corrected chi connectivity index (χ2v) is 6.54. The summed E-state index contributed by atoms with van der Waals surface area (Å²) in [4.78, 5) is 15.9. The molecule has 2 aliphatic heterocycles. The summed E-state index contributed by atoms with van der Waals surface area (Å²) >= 11 is 2.35. The number of carbonyl (C=O) groups is 1. The van der Waals surface area contributed by atoms with E-state index in [-0.39, 0.29) is 6.03 Å². The Kier molecular flexibility index (Phi) is 2.96. The molecule has 4 heteroatoms. The third-order valence-electron chi connectivity index (χ3n) is 2.93. The Morgan fingerprint density at radius 1 is 1.40 bits per heavy atom. The van der Waals surface area contributed by atoms with Gasteiger partial charge in [0, 0.05) is 31.6 Å². The Balaban J connectivity index is 1.88. The van der Waals surface area contributed by atoms with Crippen molar-refractivity contribution in [2.75, 3.05) is 26.2 Å². The lowest BCUT2D eigenvalue weighted by molar-refractivity contribution is 0.0438. The van der Waals surface area contributed by atoms with Crippen LogP contribution in [-0.4, -0.2) is 42.0 Å². The van der Waals surface area contributed by atoms with E-state index in [1.807, 2.05) is 9.80 Å². The highest BCUT2D eigenvalue weighted by molar-refractivity contribution is 14.1. The average Bonchev–Trinajstić information content (AvgIpc) is 2.14. The molecule has 2 rings (SSSR count). The molecular formula is C11H17IN2O. The summed E-state index contributed by atoms with van der Waals surface area (Å²) < 4.78 is 1.38. The van der Waals surface area contributed by atoms with Gasteiger partial charge < -0.3 is 9.80 Å². The van der Waals surface area contributed by atoms with E-state index in [9.17, 15) is 4.79 Å². The predicted molar refractivity (Wildman–Crippen MR) is 69.0 cm³/mol. The zero-order valence-electron chi connectivity index (χ0n) is 9.29. The molecule has 0 radical (unpaired) electrons. The first-order valence-electron chi connectivity index (χ1n) is 5.36. The Morgan fingerprint density at radius 2 is 2.07 bits per heavy atom. The molecule has 0 N–H and O–H groups in total. The summed E-state index contributed by atoms with van der Waals surface area (Å²) in [6.45, 7) is 7.89. The molecule has 0 spiro atoms. The molecule has 0 atom stereocenters. The lowest BCUT2D eigenvalue weighted by atomic mass is 9.85. The molecule has 0 aromatic rings. The van der Waals surface area contributed by atoms with E-state index in [1.54, 1.807) is 0 Å². The van der Waals surface area contributed by atoms with Crippen molar-refractivity contribution >= 4 is 28.6 Å². The third-order valence-corrected chi connectivity index (χ3v) is 3.91. The number of hydrogen-bond acceptors (Lipinski definition) is 1. The van der Waals surface area contributed by atoms with Crippen LogP contribution in [0.15, 0.2) is 9.66 Å². The largest absolute Gasteiger partial charge is 0.323 e. The van der Waals surface area contributed by atoms with Gasteiger partial charge in [-0.1, -0.05) is 19.9 Å². The Labute approximate surface area is 105 Å². The second-order valence-electron chi connectivity index (χ2n) is 5.15. The molecule has 0 aromatic heterocycles. The number of likely N-dealkylation sites (tertiary alicyclic amines) is 1. The van der Waals surface area contributed by atoms with Crippen molar-refractivity contribution in [1.82, 2.24) is 9.80 Å². The van der Waals surface area contributed by atoms with Crippen molar-refractivity contribution in [3.05, 3.63) is 9.66 Å². The van der Waals surface area contributed by atoms with Crippen LogP contribution in [-0.2, 0) is 0 Å². The standard InChI is InChI=1S/C11H17IN2O/c1-11(2)7-14(8-11)10(15)13-5-3-9(12)4-6-13/h3H,4-8H2,1-2H3. The van der Waals surface area contributed by atoms with Crippen LogP contribution in [0.3, 0.4) is 0 Å². The SMILES string of the molecule is CC1(C)CN(C(=O)N2CC=C(I)CC2)C1. The first kappa shape index (κ1) is 11.2. The van der Waals surface area contributed by atoms with Crippen molar-refractivity contribution in [3.8, 4) is 0 Å². The second kappa shape index (κ2) is 3.96. The molecule has 15 heavy (non-hydrogen) atoms. The minimum atomic E-state index is 0.217. The fourth-order valence-corrected chi connectivity index (χ4v) is 2.58. The first-order chi connectivity index (χ1) is 6.98. The van der Waals surface area contributed by atoms with Crippen molar-refractivity contribution in [2.45, 2.75) is 20.3 Å². The summed E-state index contributed by atoms with van der Waals surface area (Å²) in [7, 11) is 0. The van der Waals surface area contributed by atoms with Crippen molar-refractivity contribution < 1.29 is 4.79 Å². The van der Waals surface area contributed by atoms with E-state index < -0.39 is 0 Å². The highest BCUT2D eigenvalue weighted by Crippen LogP contribution is 2.30. The number of carbonyl (C=O) groups excluding carboxylic acids is 1. The smallest absolute Gasteiger partial charge is 0.320 e. The summed E-state index contributed by atoms with van der Waals surface area (Å²) in [5.74, 6) is 0. The Morgan fingerprint density at radius 3 is 2.53 bits per heavy atom. The van der Waals surface area contributed by atoms with E-state index in [2.05, 4.69) is 42.5 Å². The third kappa shape index (κ3) is 2.46. The summed E-state index contributed by atoms with van der Waals surface area (Å²) in [5, 5.41) is 0. The van der Waals surface area contributed by atoms with E-state index in [4.69, 9.17) is 0 Å². The minimum Gasteiger partial charge on any atom is -0.323 e. The number of hydrogen-bond donors (Lipinski definition) is 0. The molecule has 0 bridgehead atoms. The van der Waals surface area contributed by atoms with Gasteiger partial charge in [-0.15, -0.1) is 0 Å². The molecular weight excluding hydrogens is 303 g/mol. The van der Waals surface area contributed by atoms with Crippen LogP contribution >= 0.6 is 22.6 Å². The molecule has 3 nitrogen and oxygen atoms in total. The fraction of sp³-hybridized carbons (Fsp3) is 0.727. The number of urea groups is 1. The molecule has 1 saturated heterocycles. The van der Waals surface area contributed by atoms with Gasteiger partial charge in [0.2, 0.25) is 0 Å². The van der Waals surface area contributed by atoms with Gasteiger partial charge in [-0.2, -0.15) is 0 Å². The zero-order valence-corrected chi connectivity index (χ0v) is 11.5. The molecule has 0 aliphatic carbocycles. The van der Waals surface area contributed by atoms with Gasteiger partial charge in [0.05, 0.1) is 0 Å². The average molecular weight is 320 g/mol. The van der Waals surface area contributed by atoms with Crippen LogP contribution < -0.4 is 0 Å². The molecule has 2 heterocycles. The first-order valence-corrected chi connectivity index (χ1v) is 6.44. The molecule has 1 fully saturated rings. The molecule has 84 valence electrons. The maximum Gasteiger partial charge on any atom is 0.320 e. The van der Waals surface area contributed by atoms with Crippen LogP contribution in [0.5, 0.6) is 0 Å². The quantitative estimate of drug-likeness (QED) is 0.629. The Bertz CT molecular complexity index is 304. The molecule has 0 aromatic carbocycles. The van der Waals surface area contributed by atoms with Gasteiger partial charge in [-0.3, -0.25) is 0 Å². The molecule has 0 unspecified atom stereocenters. The zero-order chi connectivity index (χ0) is 11.1. The van der Waals surface area contributed by atoms with E-state index in [1.165, 1.54) is 3.58 Å². The van der Waals surface area contributed by atoms with E-state index >= 15 is 0 Å². The summed E-state index contributed by atoms with van der Waals surface area (Å²) in [6.07, 6.45) is 3.16. The number of nitrogens with zero attached hydrogens (tertiary/aromatic N) is 2. The van der Waals surface area contributed by atoms with Gasteiger partial charge in [0.25, 0.3) is 0 Å². The number of amides is 2. The highest BCUT2D eigenvalue weighted by atomic mass is 127. The number of halogens is 1. The maximum absolute atomic E-state index is 12.0. The summed E-state index contributed by atoms with van der Waals surface area (Å²) in [5.41, 5.74) is 0.329. The molecule has 0 saturated carbocycles. The molecule has 2 amide bonds. The van der Waals surface area contributed by atoms with Crippen molar-refractivity contribution in [1.29, 1.82) is 0 Å². The monoisotopic (exact) mass is 320 g/mol. The van der Waals surface area contributed by atoms with Gasteiger partial charge in [0.1, 0.15) is 0 Å². The van der Waals surface area contributed by atoms with Crippen LogP contribution in [0.1, 0.15) is 20.3 Å². The fourth-order valence-electron chi connectivity index (χ4n) is 2.14. The predicted octanol–water partition coefficient (Wildman–Crippen LogP) is 2.47. The van der Waals surface area contributed by atoms with Gasteiger partial charge in [-0.25, -0.2) is 4.79 Å². The van der Waals surface area contributed by atoms with Crippen LogP contribution in [0.2, 0.25) is 0 Å². The summed E-state index contributed by atoms with van der Waals surface area (Å²) in [6, 6.07) is 0.217. The molecule has 2 aliphatic rings. The van der Waals surface area contributed by atoms with Gasteiger partial charge in [0.15, 0.2) is 0 Å². The number of rotatable bonds is 0. The van der Waals surface area contributed by atoms with Gasteiger partial charge in [-0.05, 0) is 32.6 Å². The van der Waals surface area contributed by atoms with Crippen LogP contribution in [0.25, 0.3) is 0 Å². The van der Waals surface area contributed by atoms with E-state index in [0.29, 0.717) is 5.41 Å². The van der Waals surface area contributed by atoms with Crippen molar-refractivity contribution in [3.63, 3.8) is 0 Å². The topological polar surface area (TPSA) is 23.6 Å².